The minimum absolute atomic E-state index is 0.0102. The number of carbonyl (C=O) groups excluding carboxylic acids is 1. The van der Waals surface area contributed by atoms with E-state index in [-0.39, 0.29) is 5.91 Å². The molecular formula is C19H16Cl2N2O. The van der Waals surface area contributed by atoms with Crippen molar-refractivity contribution in [2.24, 2.45) is 0 Å². The van der Waals surface area contributed by atoms with Gasteiger partial charge >= 0.3 is 0 Å². The summed E-state index contributed by atoms with van der Waals surface area (Å²) in [5.41, 5.74) is 5.12. The number of nitrogens with zero attached hydrogens (tertiary/aromatic N) is 1. The van der Waals surface area contributed by atoms with Crippen LogP contribution in [0.2, 0.25) is 10.0 Å². The van der Waals surface area contributed by atoms with Crippen molar-refractivity contribution in [3.63, 3.8) is 0 Å². The first kappa shape index (κ1) is 15.6. The molecule has 24 heavy (non-hydrogen) atoms. The maximum atomic E-state index is 12.7. The molecule has 0 aliphatic carbocycles. The van der Waals surface area contributed by atoms with Crippen molar-refractivity contribution >= 4 is 40.0 Å². The highest BCUT2D eigenvalue weighted by molar-refractivity contribution is 6.32. The molecule has 4 rings (SSSR count). The Balaban J connectivity index is 1.67. The van der Waals surface area contributed by atoms with Crippen LogP contribution in [0.15, 0.2) is 36.4 Å². The van der Waals surface area contributed by atoms with E-state index >= 15 is 0 Å². The van der Waals surface area contributed by atoms with Crippen molar-refractivity contribution in [3.05, 3.63) is 68.8 Å². The third-order valence-electron chi connectivity index (χ3n) is 4.61. The molecule has 1 aliphatic heterocycles. The molecule has 0 spiro atoms. The van der Waals surface area contributed by atoms with Crippen molar-refractivity contribution in [1.29, 1.82) is 0 Å². The summed E-state index contributed by atoms with van der Waals surface area (Å²) >= 11 is 12.3. The molecule has 3 nitrogen and oxygen atoms in total. The van der Waals surface area contributed by atoms with Crippen molar-refractivity contribution in [2.75, 3.05) is 6.54 Å². The fourth-order valence-electron chi connectivity index (χ4n) is 3.35. The Morgan fingerprint density at radius 2 is 2.04 bits per heavy atom. The molecule has 0 atom stereocenters. The SMILES string of the molecule is Cc1cc2[nH]c3c(c2cc1Cl)CCN(C(=O)c1cccc(Cl)c1)C3. The Morgan fingerprint density at radius 1 is 1.21 bits per heavy atom. The fourth-order valence-corrected chi connectivity index (χ4v) is 3.70. The maximum Gasteiger partial charge on any atom is 0.254 e. The first-order valence-electron chi connectivity index (χ1n) is 7.87. The second kappa shape index (κ2) is 5.83. The predicted octanol–water partition coefficient (Wildman–Crippen LogP) is 4.98. The Morgan fingerprint density at radius 3 is 2.83 bits per heavy atom. The van der Waals surface area contributed by atoms with Crippen LogP contribution in [0.3, 0.4) is 0 Å². The molecule has 0 unspecified atom stereocenters. The second-order valence-corrected chi connectivity index (χ2v) is 7.06. The number of H-pyrrole nitrogens is 1. The summed E-state index contributed by atoms with van der Waals surface area (Å²) < 4.78 is 0. The molecule has 5 heteroatoms. The number of rotatable bonds is 1. The van der Waals surface area contributed by atoms with Gasteiger partial charge in [0.1, 0.15) is 0 Å². The third-order valence-corrected chi connectivity index (χ3v) is 5.26. The third kappa shape index (κ3) is 2.58. The molecule has 0 fully saturated rings. The van der Waals surface area contributed by atoms with E-state index in [1.54, 1.807) is 24.3 Å². The highest BCUT2D eigenvalue weighted by Gasteiger charge is 2.25. The number of benzene rings is 2. The van der Waals surface area contributed by atoms with Gasteiger partial charge in [-0.3, -0.25) is 4.79 Å². The Bertz CT molecular complexity index is 961. The van der Waals surface area contributed by atoms with Crippen molar-refractivity contribution in [1.82, 2.24) is 9.88 Å². The van der Waals surface area contributed by atoms with E-state index in [0.29, 0.717) is 23.7 Å². The molecule has 1 amide bonds. The lowest BCUT2D eigenvalue weighted by atomic mass is 10.0. The van der Waals surface area contributed by atoms with E-state index in [1.807, 2.05) is 17.9 Å². The van der Waals surface area contributed by atoms with E-state index in [9.17, 15) is 4.79 Å². The number of amides is 1. The summed E-state index contributed by atoms with van der Waals surface area (Å²) in [7, 11) is 0. The van der Waals surface area contributed by atoms with Gasteiger partial charge < -0.3 is 9.88 Å². The number of aromatic nitrogens is 1. The van der Waals surface area contributed by atoms with E-state index in [0.717, 1.165) is 33.6 Å². The number of nitrogens with one attached hydrogen (secondary N) is 1. The molecule has 0 bridgehead atoms. The first-order valence-corrected chi connectivity index (χ1v) is 8.63. The standard InChI is InChI=1S/C19H16Cl2N2O/c1-11-7-17-15(9-16(11)21)14-5-6-23(10-18(14)22-17)19(24)12-3-2-4-13(20)8-12/h2-4,7-9,22H,5-6,10H2,1H3. The van der Waals surface area contributed by atoms with Crippen LogP contribution in [0.5, 0.6) is 0 Å². The summed E-state index contributed by atoms with van der Waals surface area (Å²) in [6.07, 6.45) is 0.820. The average molecular weight is 359 g/mol. The quantitative estimate of drug-likeness (QED) is 0.653. The van der Waals surface area contributed by atoms with E-state index in [4.69, 9.17) is 23.2 Å². The molecule has 122 valence electrons. The predicted molar refractivity (Wildman–Crippen MR) is 97.9 cm³/mol. The Hall–Kier alpha value is -1.97. The van der Waals surface area contributed by atoms with Crippen LogP contribution >= 0.6 is 23.2 Å². The molecule has 0 saturated carbocycles. The molecule has 1 N–H and O–H groups in total. The van der Waals surface area contributed by atoms with Crippen molar-refractivity contribution in [3.8, 4) is 0 Å². The molecule has 3 aromatic rings. The van der Waals surface area contributed by atoms with Gasteiger partial charge in [-0.05, 0) is 54.8 Å². The van der Waals surface area contributed by atoms with Gasteiger partial charge in [0.15, 0.2) is 0 Å². The highest BCUT2D eigenvalue weighted by atomic mass is 35.5. The molecule has 0 saturated heterocycles. The molecular weight excluding hydrogens is 343 g/mol. The molecule has 2 aromatic carbocycles. The van der Waals surface area contributed by atoms with Gasteiger partial charge in [0.25, 0.3) is 5.91 Å². The smallest absolute Gasteiger partial charge is 0.254 e. The van der Waals surface area contributed by atoms with Gasteiger partial charge in [-0.2, -0.15) is 0 Å². The Labute approximate surface area is 150 Å². The number of aryl methyl sites for hydroxylation is 1. The summed E-state index contributed by atoms with van der Waals surface area (Å²) in [5, 5.41) is 2.52. The van der Waals surface area contributed by atoms with Crippen LogP contribution in [-0.4, -0.2) is 22.3 Å². The van der Waals surface area contributed by atoms with E-state index in [1.165, 1.54) is 5.56 Å². The molecule has 0 radical (unpaired) electrons. The van der Waals surface area contributed by atoms with Gasteiger partial charge in [0, 0.05) is 38.8 Å². The van der Waals surface area contributed by atoms with Gasteiger partial charge in [-0.15, -0.1) is 0 Å². The number of hydrogen-bond acceptors (Lipinski definition) is 1. The minimum atomic E-state index is 0.0102. The number of aromatic amines is 1. The van der Waals surface area contributed by atoms with Gasteiger partial charge in [-0.25, -0.2) is 0 Å². The summed E-state index contributed by atoms with van der Waals surface area (Å²) in [6, 6.07) is 11.2. The molecule has 1 aromatic heterocycles. The normalized spacial score (nSPS) is 14.0. The molecule has 2 heterocycles. The number of hydrogen-bond donors (Lipinski definition) is 1. The first-order chi connectivity index (χ1) is 11.5. The van der Waals surface area contributed by atoms with Crippen LogP contribution in [0.4, 0.5) is 0 Å². The zero-order valence-corrected chi connectivity index (χ0v) is 14.7. The topological polar surface area (TPSA) is 36.1 Å². The number of halogens is 2. The van der Waals surface area contributed by atoms with Gasteiger partial charge in [0.05, 0.1) is 6.54 Å². The lowest BCUT2D eigenvalue weighted by Crippen LogP contribution is -2.35. The minimum Gasteiger partial charge on any atom is -0.357 e. The van der Waals surface area contributed by atoms with Gasteiger partial charge in [0.2, 0.25) is 0 Å². The lowest BCUT2D eigenvalue weighted by molar-refractivity contribution is 0.0733. The maximum absolute atomic E-state index is 12.7. The largest absolute Gasteiger partial charge is 0.357 e. The zero-order chi connectivity index (χ0) is 16.8. The van der Waals surface area contributed by atoms with Crippen molar-refractivity contribution < 1.29 is 4.79 Å². The summed E-state index contributed by atoms with van der Waals surface area (Å²) in [6.45, 7) is 3.26. The monoisotopic (exact) mass is 358 g/mol. The zero-order valence-electron chi connectivity index (χ0n) is 13.2. The number of fused-ring (bicyclic) bond motifs is 3. The van der Waals surface area contributed by atoms with Crippen LogP contribution < -0.4 is 0 Å². The summed E-state index contributed by atoms with van der Waals surface area (Å²) in [4.78, 5) is 18.0. The van der Waals surface area contributed by atoms with E-state index in [2.05, 4.69) is 11.1 Å². The lowest BCUT2D eigenvalue weighted by Gasteiger charge is -2.27. The molecule has 1 aliphatic rings. The van der Waals surface area contributed by atoms with Crippen LogP contribution in [0.25, 0.3) is 10.9 Å². The second-order valence-electron chi connectivity index (χ2n) is 6.22. The Kier molecular flexibility index (Phi) is 3.78. The van der Waals surface area contributed by atoms with Crippen LogP contribution in [0.1, 0.15) is 27.2 Å². The van der Waals surface area contributed by atoms with Crippen molar-refractivity contribution in [2.45, 2.75) is 19.9 Å². The highest BCUT2D eigenvalue weighted by Crippen LogP contribution is 2.31. The van der Waals surface area contributed by atoms with E-state index < -0.39 is 0 Å². The number of carbonyl (C=O) groups is 1. The fraction of sp³-hybridized carbons (Fsp3) is 0.211. The summed E-state index contributed by atoms with van der Waals surface area (Å²) in [5.74, 6) is 0.0102. The van der Waals surface area contributed by atoms with Crippen LogP contribution in [-0.2, 0) is 13.0 Å². The van der Waals surface area contributed by atoms with Gasteiger partial charge in [-0.1, -0.05) is 29.3 Å². The average Bonchev–Trinajstić information content (AvgIpc) is 2.91. The van der Waals surface area contributed by atoms with Crippen LogP contribution in [0, 0.1) is 6.92 Å².